The first-order valence-electron chi connectivity index (χ1n) is 8.24. The molecule has 0 spiro atoms. The zero-order valence-electron chi connectivity index (χ0n) is 15.4. The smallest absolute Gasteiger partial charge is 0.191 e. The van der Waals surface area contributed by atoms with Gasteiger partial charge in [-0.1, -0.05) is 0 Å². The van der Waals surface area contributed by atoms with E-state index in [0.717, 1.165) is 32.1 Å². The Morgan fingerprint density at radius 2 is 2.21 bits per heavy atom. The number of aliphatic imine (C=N–C) groups is 1. The molecule has 0 bridgehead atoms. The third-order valence-corrected chi connectivity index (χ3v) is 5.51. The SMILES string of the molecule is CN=C(NCC(C)N1CCc2sccc2C1)NCC(C)(C)OC.I. The van der Waals surface area contributed by atoms with Gasteiger partial charge in [0.25, 0.3) is 0 Å². The average molecular weight is 466 g/mol. The number of halogens is 1. The lowest BCUT2D eigenvalue weighted by molar-refractivity contribution is 0.0268. The zero-order chi connectivity index (χ0) is 16.9. The van der Waals surface area contributed by atoms with E-state index in [-0.39, 0.29) is 29.6 Å². The second kappa shape index (κ2) is 9.94. The van der Waals surface area contributed by atoms with Crippen LogP contribution in [0.3, 0.4) is 0 Å². The second-order valence-electron chi connectivity index (χ2n) is 6.71. The molecule has 0 fully saturated rings. The number of rotatable bonds is 6. The fraction of sp³-hybridized carbons (Fsp3) is 0.706. The first kappa shape index (κ1) is 21.7. The predicted octanol–water partition coefficient (Wildman–Crippen LogP) is 2.70. The largest absolute Gasteiger partial charge is 0.377 e. The molecule has 138 valence electrons. The summed E-state index contributed by atoms with van der Waals surface area (Å²) in [5.41, 5.74) is 1.29. The van der Waals surface area contributed by atoms with Gasteiger partial charge in [0.2, 0.25) is 0 Å². The lowest BCUT2D eigenvalue weighted by Gasteiger charge is -2.33. The summed E-state index contributed by atoms with van der Waals surface area (Å²) in [5.74, 6) is 0.829. The number of hydrogen-bond donors (Lipinski definition) is 2. The van der Waals surface area contributed by atoms with E-state index < -0.39 is 0 Å². The molecule has 7 heteroatoms. The van der Waals surface area contributed by atoms with Gasteiger partial charge in [-0.15, -0.1) is 35.3 Å². The molecule has 0 radical (unpaired) electrons. The van der Waals surface area contributed by atoms with Gasteiger partial charge in [0, 0.05) is 51.3 Å². The molecule has 5 nitrogen and oxygen atoms in total. The highest BCUT2D eigenvalue weighted by molar-refractivity contribution is 14.0. The molecule has 1 aliphatic heterocycles. The van der Waals surface area contributed by atoms with E-state index in [9.17, 15) is 0 Å². The summed E-state index contributed by atoms with van der Waals surface area (Å²) in [4.78, 5) is 8.38. The van der Waals surface area contributed by atoms with Crippen molar-refractivity contribution in [1.82, 2.24) is 15.5 Å². The van der Waals surface area contributed by atoms with E-state index >= 15 is 0 Å². The Bertz CT molecular complexity index is 532. The number of nitrogens with one attached hydrogen (secondary N) is 2. The van der Waals surface area contributed by atoms with Gasteiger partial charge in [-0.05, 0) is 44.2 Å². The molecule has 0 aliphatic carbocycles. The average Bonchev–Trinajstić information content (AvgIpc) is 3.02. The molecule has 1 aromatic rings. The summed E-state index contributed by atoms with van der Waals surface area (Å²) in [6, 6.07) is 2.73. The summed E-state index contributed by atoms with van der Waals surface area (Å²) in [7, 11) is 3.54. The van der Waals surface area contributed by atoms with Gasteiger partial charge >= 0.3 is 0 Å². The van der Waals surface area contributed by atoms with Crippen molar-refractivity contribution in [2.75, 3.05) is 33.8 Å². The first-order chi connectivity index (χ1) is 10.9. The van der Waals surface area contributed by atoms with Crippen LogP contribution in [0.25, 0.3) is 0 Å². The normalized spacial score (nSPS) is 17.0. The van der Waals surface area contributed by atoms with Crippen molar-refractivity contribution < 1.29 is 4.74 Å². The van der Waals surface area contributed by atoms with Crippen LogP contribution in [-0.2, 0) is 17.7 Å². The van der Waals surface area contributed by atoms with Crippen molar-refractivity contribution in [2.24, 2.45) is 4.99 Å². The fourth-order valence-electron chi connectivity index (χ4n) is 2.61. The summed E-state index contributed by atoms with van der Waals surface area (Å²) in [6.45, 7) is 10.2. The molecular weight excluding hydrogens is 435 g/mol. The maximum absolute atomic E-state index is 5.43. The third kappa shape index (κ3) is 6.16. The van der Waals surface area contributed by atoms with Crippen LogP contribution < -0.4 is 10.6 Å². The van der Waals surface area contributed by atoms with E-state index in [2.05, 4.69) is 52.7 Å². The molecule has 0 saturated heterocycles. The van der Waals surface area contributed by atoms with Crippen LogP contribution in [-0.4, -0.2) is 56.3 Å². The van der Waals surface area contributed by atoms with Crippen LogP contribution in [0.15, 0.2) is 16.4 Å². The van der Waals surface area contributed by atoms with Crippen LogP contribution in [0.2, 0.25) is 0 Å². The highest BCUT2D eigenvalue weighted by atomic mass is 127. The second-order valence-corrected chi connectivity index (χ2v) is 7.71. The van der Waals surface area contributed by atoms with Crippen LogP contribution in [0.1, 0.15) is 31.2 Å². The maximum atomic E-state index is 5.43. The van der Waals surface area contributed by atoms with Gasteiger partial charge in [-0.2, -0.15) is 0 Å². The van der Waals surface area contributed by atoms with E-state index in [1.165, 1.54) is 12.0 Å². The van der Waals surface area contributed by atoms with Crippen molar-refractivity contribution in [1.29, 1.82) is 0 Å². The van der Waals surface area contributed by atoms with E-state index in [0.29, 0.717) is 6.04 Å². The number of guanidine groups is 1. The number of thiophene rings is 1. The van der Waals surface area contributed by atoms with Gasteiger partial charge in [0.05, 0.1) is 5.60 Å². The van der Waals surface area contributed by atoms with Crippen molar-refractivity contribution in [3.63, 3.8) is 0 Å². The van der Waals surface area contributed by atoms with E-state index in [1.54, 1.807) is 19.0 Å². The Kier molecular flexibility index (Phi) is 8.97. The highest BCUT2D eigenvalue weighted by Gasteiger charge is 2.22. The molecule has 0 aromatic carbocycles. The third-order valence-electron chi connectivity index (χ3n) is 4.48. The molecule has 1 atom stereocenters. The molecule has 2 heterocycles. The Labute approximate surface area is 167 Å². The lowest BCUT2D eigenvalue weighted by Crippen LogP contribution is -2.49. The van der Waals surface area contributed by atoms with Crippen LogP contribution in [0, 0.1) is 0 Å². The van der Waals surface area contributed by atoms with Crippen molar-refractivity contribution in [2.45, 2.75) is 45.4 Å². The van der Waals surface area contributed by atoms with E-state index in [1.807, 2.05) is 11.3 Å². The Morgan fingerprint density at radius 3 is 2.88 bits per heavy atom. The molecule has 2 rings (SSSR count). The molecular formula is C17H31IN4OS. The van der Waals surface area contributed by atoms with Gasteiger partial charge in [-0.25, -0.2) is 0 Å². The maximum Gasteiger partial charge on any atom is 0.191 e. The number of fused-ring (bicyclic) bond motifs is 1. The van der Waals surface area contributed by atoms with Crippen molar-refractivity contribution >= 4 is 41.3 Å². The standard InChI is InChI=1S/C17H30N4OS.HI/c1-13(21-8-6-15-14(11-21)7-9-23-15)10-19-16(18-4)20-12-17(2,3)22-5;/h7,9,13H,6,8,10-12H2,1-5H3,(H2,18,19,20);1H. The van der Waals surface area contributed by atoms with Gasteiger partial charge in [0.15, 0.2) is 5.96 Å². The summed E-state index contributed by atoms with van der Waals surface area (Å²) in [6.07, 6.45) is 1.17. The lowest BCUT2D eigenvalue weighted by atomic mass is 10.1. The van der Waals surface area contributed by atoms with E-state index in [4.69, 9.17) is 4.74 Å². The van der Waals surface area contributed by atoms with Crippen molar-refractivity contribution in [3.8, 4) is 0 Å². The topological polar surface area (TPSA) is 48.9 Å². The first-order valence-corrected chi connectivity index (χ1v) is 9.12. The Balaban J connectivity index is 0.00000288. The number of ether oxygens (including phenoxy) is 1. The Hall–Kier alpha value is -0.380. The minimum Gasteiger partial charge on any atom is -0.377 e. The van der Waals surface area contributed by atoms with Crippen LogP contribution >= 0.6 is 35.3 Å². The molecule has 1 aliphatic rings. The summed E-state index contributed by atoms with van der Waals surface area (Å²) >= 11 is 1.89. The highest BCUT2D eigenvalue weighted by Crippen LogP contribution is 2.24. The van der Waals surface area contributed by atoms with Crippen LogP contribution in [0.4, 0.5) is 0 Å². The monoisotopic (exact) mass is 466 g/mol. The number of nitrogens with zero attached hydrogens (tertiary/aromatic N) is 2. The number of methoxy groups -OCH3 is 1. The molecule has 0 amide bonds. The summed E-state index contributed by atoms with van der Waals surface area (Å²) < 4.78 is 5.43. The van der Waals surface area contributed by atoms with Gasteiger partial charge < -0.3 is 15.4 Å². The molecule has 0 saturated carbocycles. The molecule has 1 unspecified atom stereocenters. The fourth-order valence-corrected chi connectivity index (χ4v) is 3.50. The minimum atomic E-state index is -0.203. The Morgan fingerprint density at radius 1 is 1.46 bits per heavy atom. The quantitative estimate of drug-likeness (QED) is 0.385. The van der Waals surface area contributed by atoms with Gasteiger partial charge in [0.1, 0.15) is 0 Å². The zero-order valence-corrected chi connectivity index (χ0v) is 18.5. The number of hydrogen-bond acceptors (Lipinski definition) is 4. The molecule has 1 aromatic heterocycles. The van der Waals surface area contributed by atoms with Crippen LogP contribution in [0.5, 0.6) is 0 Å². The minimum absolute atomic E-state index is 0. The van der Waals surface area contributed by atoms with Gasteiger partial charge in [-0.3, -0.25) is 9.89 Å². The predicted molar refractivity (Wildman–Crippen MR) is 114 cm³/mol. The summed E-state index contributed by atoms with van der Waals surface area (Å²) in [5, 5.41) is 8.96. The molecule has 24 heavy (non-hydrogen) atoms. The molecule has 2 N–H and O–H groups in total. The van der Waals surface area contributed by atoms with Crippen molar-refractivity contribution in [3.05, 3.63) is 21.9 Å².